The van der Waals surface area contributed by atoms with E-state index in [4.69, 9.17) is 0 Å². The molecule has 0 fully saturated rings. The first kappa shape index (κ1) is 35.0. The molecule has 27 heteroatoms. The van der Waals surface area contributed by atoms with E-state index in [1.165, 1.54) is 0 Å². The number of sulfonamides is 4. The Morgan fingerprint density at radius 2 is 0.452 bits per heavy atom. The van der Waals surface area contributed by atoms with Crippen molar-refractivity contribution in [1.29, 1.82) is 0 Å². The summed E-state index contributed by atoms with van der Waals surface area (Å²) in [6.07, 6.45) is 0. The van der Waals surface area contributed by atoms with E-state index < -0.39 is 62.1 Å². The SMILES string of the molecule is O=S(=O)([N-]S(=O)(=O)C(F)(F)F)C(F)(F)F.O=S(=O)([N-]S(=O)(=O)C(F)(F)F)C(F)(F)F.[Co]. The van der Waals surface area contributed by atoms with Crippen LogP contribution in [0.1, 0.15) is 0 Å². The van der Waals surface area contributed by atoms with E-state index in [9.17, 15) is 86.4 Å². The Morgan fingerprint density at radius 3 is 0.516 bits per heavy atom. The molecule has 0 aliphatic carbocycles. The van der Waals surface area contributed by atoms with Gasteiger partial charge in [0.2, 0.25) is 0 Å². The summed E-state index contributed by atoms with van der Waals surface area (Å²) in [5.41, 5.74) is -24.8. The van der Waals surface area contributed by atoms with Crippen molar-refractivity contribution in [2.24, 2.45) is 0 Å². The Hall–Kier alpha value is -0.614. The molecule has 0 aliphatic rings. The molecule has 0 spiro atoms. The minimum absolute atomic E-state index is 0. The molecule has 1 radical (unpaired) electrons. The molecule has 31 heavy (non-hydrogen) atoms. The number of hydrogen-bond acceptors (Lipinski definition) is 8. The maximum atomic E-state index is 11.4. The molecular formula is C4CoF12N2O8S4-2. The van der Waals surface area contributed by atoms with Crippen LogP contribution in [0.3, 0.4) is 0 Å². The van der Waals surface area contributed by atoms with Crippen molar-refractivity contribution in [2.45, 2.75) is 22.0 Å². The normalized spacial score (nSPS) is 14.8. The van der Waals surface area contributed by atoms with Gasteiger partial charge in [0.15, 0.2) is 40.1 Å². The van der Waals surface area contributed by atoms with Crippen molar-refractivity contribution < 1.29 is 103 Å². The molecule has 0 saturated heterocycles. The summed E-state index contributed by atoms with van der Waals surface area (Å²) in [4.78, 5) is 0. The van der Waals surface area contributed by atoms with Crippen molar-refractivity contribution in [3.05, 3.63) is 8.25 Å². The summed E-state index contributed by atoms with van der Waals surface area (Å²) in [6, 6.07) is 0. The van der Waals surface area contributed by atoms with Gasteiger partial charge in [-0.25, -0.2) is 33.7 Å². The summed E-state index contributed by atoms with van der Waals surface area (Å²) in [6.45, 7) is 0. The zero-order chi connectivity index (χ0) is 25.4. The van der Waals surface area contributed by atoms with Gasteiger partial charge in [-0.1, -0.05) is 0 Å². The second-order valence-electron chi connectivity index (χ2n) is 3.83. The van der Waals surface area contributed by atoms with E-state index in [0.717, 1.165) is 8.25 Å². The van der Waals surface area contributed by atoms with E-state index in [1.807, 2.05) is 0 Å². The van der Waals surface area contributed by atoms with Gasteiger partial charge in [-0.05, 0) is 0 Å². The number of hydrogen-bond donors (Lipinski definition) is 0. The average molecular weight is 619 g/mol. The fourth-order valence-corrected chi connectivity index (χ4v) is 3.85. The first-order valence-corrected chi connectivity index (χ1v) is 10.9. The van der Waals surface area contributed by atoms with Gasteiger partial charge in [-0.2, -0.15) is 52.7 Å². The van der Waals surface area contributed by atoms with E-state index in [-0.39, 0.29) is 16.8 Å². The van der Waals surface area contributed by atoms with Gasteiger partial charge in [0.05, 0.1) is 0 Å². The molecule has 193 valence electrons. The summed E-state index contributed by atoms with van der Waals surface area (Å²) >= 11 is 0. The minimum Gasteiger partial charge on any atom is -0.421 e. The van der Waals surface area contributed by atoms with Crippen LogP contribution in [0.2, 0.25) is 0 Å². The Balaban J connectivity index is -0.000000490. The van der Waals surface area contributed by atoms with Crippen LogP contribution < -0.4 is 0 Å². The largest absolute Gasteiger partial charge is 0.480 e. The summed E-state index contributed by atoms with van der Waals surface area (Å²) < 4.78 is 218. The molecule has 0 bridgehead atoms. The van der Waals surface area contributed by atoms with Crippen molar-refractivity contribution >= 4 is 40.1 Å². The number of halogens is 12. The van der Waals surface area contributed by atoms with Crippen molar-refractivity contribution in [3.63, 3.8) is 0 Å². The number of alkyl halides is 12. The van der Waals surface area contributed by atoms with Crippen LogP contribution in [-0.4, -0.2) is 55.7 Å². The molecule has 0 aromatic rings. The van der Waals surface area contributed by atoms with Gasteiger partial charge in [-0.3, -0.25) is 0 Å². The molecule has 0 amide bonds. The average Bonchev–Trinajstić information content (AvgIpc) is 2.30. The van der Waals surface area contributed by atoms with Gasteiger partial charge < -0.3 is 8.25 Å². The van der Waals surface area contributed by atoms with Crippen molar-refractivity contribution in [2.75, 3.05) is 0 Å². The maximum absolute atomic E-state index is 11.4. The Labute approximate surface area is 173 Å². The molecule has 0 N–H and O–H groups in total. The molecule has 0 aliphatic heterocycles. The molecule has 0 aromatic carbocycles. The second kappa shape index (κ2) is 9.71. The van der Waals surface area contributed by atoms with E-state index in [2.05, 4.69) is 0 Å². The first-order valence-electron chi connectivity index (χ1n) is 5.15. The van der Waals surface area contributed by atoms with E-state index in [0.29, 0.717) is 0 Å². The number of nitrogens with zero attached hydrogens (tertiary/aromatic N) is 2. The fourth-order valence-electron chi connectivity index (χ4n) is 0.427. The quantitative estimate of drug-likeness (QED) is 0.432. The van der Waals surface area contributed by atoms with E-state index >= 15 is 0 Å². The monoisotopic (exact) mass is 619 g/mol. The van der Waals surface area contributed by atoms with Crippen LogP contribution in [-0.2, 0) is 56.9 Å². The van der Waals surface area contributed by atoms with E-state index in [1.54, 1.807) is 0 Å². The third-order valence-corrected chi connectivity index (χ3v) is 7.04. The topological polar surface area (TPSA) is 165 Å². The van der Waals surface area contributed by atoms with Crippen LogP contribution >= 0.6 is 0 Å². The van der Waals surface area contributed by atoms with Gasteiger partial charge >= 0.3 is 22.0 Å². The third-order valence-electron chi connectivity index (χ3n) is 1.56. The molecular weight excluding hydrogens is 619 g/mol. The molecule has 0 atom stereocenters. The Kier molecular flexibility index (Phi) is 11.0. The van der Waals surface area contributed by atoms with Crippen LogP contribution in [0.5, 0.6) is 0 Å². The standard InChI is InChI=1S/2C2F6NO4S2.Co/c2*3-1(4,5)14(10,11)9-15(12,13)2(6,7)8;/q2*-1;. The molecule has 0 saturated carbocycles. The first-order chi connectivity index (χ1) is 12.4. The van der Waals surface area contributed by atoms with Crippen LogP contribution in [0.25, 0.3) is 8.25 Å². The molecule has 10 nitrogen and oxygen atoms in total. The molecule has 0 aromatic heterocycles. The van der Waals surface area contributed by atoms with Crippen LogP contribution in [0.4, 0.5) is 52.7 Å². The molecule has 0 heterocycles. The number of rotatable bonds is 4. The van der Waals surface area contributed by atoms with Crippen LogP contribution in [0.15, 0.2) is 0 Å². The van der Waals surface area contributed by atoms with Crippen molar-refractivity contribution in [1.82, 2.24) is 0 Å². The zero-order valence-corrected chi connectivity index (χ0v) is 17.0. The Morgan fingerprint density at radius 1 is 0.355 bits per heavy atom. The maximum Gasteiger partial charge on any atom is 0.480 e. The summed E-state index contributed by atoms with van der Waals surface area (Å²) in [5, 5.41) is 0. The fraction of sp³-hybridized carbons (Fsp3) is 1.00. The smallest absolute Gasteiger partial charge is 0.421 e. The predicted octanol–water partition coefficient (Wildman–Crippen LogP) is 2.12. The van der Waals surface area contributed by atoms with Gasteiger partial charge in [-0.15, -0.1) is 0 Å². The van der Waals surface area contributed by atoms with Gasteiger partial charge in [0.1, 0.15) is 0 Å². The summed E-state index contributed by atoms with van der Waals surface area (Å²) in [7, 11) is -26.9. The zero-order valence-electron chi connectivity index (χ0n) is 12.7. The molecule has 0 unspecified atom stereocenters. The van der Waals surface area contributed by atoms with Gasteiger partial charge in [0.25, 0.3) is 0 Å². The van der Waals surface area contributed by atoms with Crippen molar-refractivity contribution in [3.8, 4) is 0 Å². The Bertz CT molecular complexity index is 862. The minimum atomic E-state index is -6.72. The second-order valence-corrected chi connectivity index (χ2v) is 10.7. The predicted molar refractivity (Wildman–Crippen MR) is 66.6 cm³/mol. The van der Waals surface area contributed by atoms with Gasteiger partial charge in [0, 0.05) is 16.8 Å². The van der Waals surface area contributed by atoms with Crippen LogP contribution in [0, 0.1) is 0 Å². The summed E-state index contributed by atoms with van der Waals surface area (Å²) in [5.74, 6) is 0. The molecule has 0 rings (SSSR count). The third kappa shape index (κ3) is 9.82.